The molecule has 0 aromatic heterocycles. The summed E-state index contributed by atoms with van der Waals surface area (Å²) in [6, 6.07) is 16.5. The molecule has 0 aliphatic heterocycles. The molecule has 0 heterocycles. The number of thiocarbonyl (C=S) groups is 1. The minimum atomic E-state index is -0.270. The summed E-state index contributed by atoms with van der Waals surface area (Å²) in [6.07, 6.45) is 1.01. The number of hydrogen-bond acceptors (Lipinski definition) is 3. The van der Waals surface area contributed by atoms with E-state index in [-0.39, 0.29) is 17.1 Å². The molecule has 0 bridgehead atoms. The van der Waals surface area contributed by atoms with Crippen LogP contribution in [0.1, 0.15) is 30.6 Å². The second kappa shape index (κ2) is 8.29. The van der Waals surface area contributed by atoms with Crippen LogP contribution in [0, 0.1) is 0 Å². The Morgan fingerprint density at radius 1 is 1.17 bits per heavy atom. The zero-order valence-corrected chi connectivity index (χ0v) is 14.0. The molecule has 0 aliphatic carbocycles. The van der Waals surface area contributed by atoms with Gasteiger partial charge in [0.2, 0.25) is 0 Å². The van der Waals surface area contributed by atoms with E-state index in [0.29, 0.717) is 11.3 Å². The minimum absolute atomic E-state index is 0.106. The Morgan fingerprint density at radius 2 is 1.91 bits per heavy atom. The van der Waals surface area contributed by atoms with Gasteiger partial charge in [-0.2, -0.15) is 0 Å². The van der Waals surface area contributed by atoms with Gasteiger partial charge in [-0.25, -0.2) is 0 Å². The molecular formula is C18H20N2O2S. The van der Waals surface area contributed by atoms with Gasteiger partial charge in [-0.05, 0) is 55.9 Å². The normalized spacial score (nSPS) is 11.4. The van der Waals surface area contributed by atoms with Crippen molar-refractivity contribution in [2.24, 2.45) is 0 Å². The van der Waals surface area contributed by atoms with Crippen LogP contribution < -0.4 is 15.4 Å². The number of hydrogen-bond donors (Lipinski definition) is 2. The topological polar surface area (TPSA) is 50.4 Å². The van der Waals surface area contributed by atoms with Crippen LogP contribution in [0.4, 0.5) is 5.69 Å². The van der Waals surface area contributed by atoms with Gasteiger partial charge in [-0.1, -0.05) is 31.2 Å². The summed E-state index contributed by atoms with van der Waals surface area (Å²) >= 11 is 5.16. The van der Waals surface area contributed by atoms with Gasteiger partial charge >= 0.3 is 0 Å². The maximum atomic E-state index is 12.3. The highest BCUT2D eigenvalue weighted by Gasteiger charge is 2.10. The SMILES string of the molecule is CCC(C)Oc1cccc(C(=O)NC(=S)Nc2ccccc2)c1. The summed E-state index contributed by atoms with van der Waals surface area (Å²) in [4.78, 5) is 12.3. The van der Waals surface area contributed by atoms with Gasteiger partial charge in [0.1, 0.15) is 5.75 Å². The molecule has 120 valence electrons. The number of carbonyl (C=O) groups is 1. The molecular weight excluding hydrogens is 308 g/mol. The third-order valence-corrected chi connectivity index (χ3v) is 3.47. The summed E-state index contributed by atoms with van der Waals surface area (Å²) < 4.78 is 5.73. The fraction of sp³-hybridized carbons (Fsp3) is 0.222. The van der Waals surface area contributed by atoms with Crippen molar-refractivity contribution in [3.63, 3.8) is 0 Å². The highest BCUT2D eigenvalue weighted by molar-refractivity contribution is 7.80. The number of para-hydroxylation sites is 1. The molecule has 1 amide bonds. The summed E-state index contributed by atoms with van der Waals surface area (Å²) in [7, 11) is 0. The zero-order valence-electron chi connectivity index (χ0n) is 13.2. The van der Waals surface area contributed by atoms with Crippen molar-refractivity contribution in [3.05, 3.63) is 60.2 Å². The van der Waals surface area contributed by atoms with Gasteiger partial charge in [0.05, 0.1) is 6.10 Å². The molecule has 0 aliphatic rings. The van der Waals surface area contributed by atoms with E-state index in [9.17, 15) is 4.79 Å². The quantitative estimate of drug-likeness (QED) is 0.815. The van der Waals surface area contributed by atoms with Crippen LogP contribution in [0.15, 0.2) is 54.6 Å². The van der Waals surface area contributed by atoms with E-state index >= 15 is 0 Å². The molecule has 0 fully saturated rings. The van der Waals surface area contributed by atoms with Crippen LogP contribution >= 0.6 is 12.2 Å². The third-order valence-electron chi connectivity index (χ3n) is 3.27. The molecule has 0 saturated heterocycles. The van der Waals surface area contributed by atoms with Crippen molar-refractivity contribution in [3.8, 4) is 5.75 Å². The van der Waals surface area contributed by atoms with Crippen molar-refractivity contribution < 1.29 is 9.53 Å². The van der Waals surface area contributed by atoms with Gasteiger partial charge in [0, 0.05) is 11.3 Å². The smallest absolute Gasteiger partial charge is 0.257 e. The number of rotatable bonds is 5. The van der Waals surface area contributed by atoms with Crippen molar-refractivity contribution in [2.45, 2.75) is 26.4 Å². The van der Waals surface area contributed by atoms with E-state index in [1.54, 1.807) is 18.2 Å². The van der Waals surface area contributed by atoms with Gasteiger partial charge in [0.25, 0.3) is 5.91 Å². The Labute approximate surface area is 141 Å². The average Bonchev–Trinajstić information content (AvgIpc) is 2.55. The first-order valence-corrected chi connectivity index (χ1v) is 7.93. The van der Waals surface area contributed by atoms with Crippen LogP contribution in [-0.4, -0.2) is 17.1 Å². The van der Waals surface area contributed by atoms with Crippen LogP contribution in [0.5, 0.6) is 5.75 Å². The predicted octanol–water partition coefficient (Wildman–Crippen LogP) is 3.99. The molecule has 1 unspecified atom stereocenters. The van der Waals surface area contributed by atoms with Crippen LogP contribution in [0.2, 0.25) is 0 Å². The highest BCUT2D eigenvalue weighted by Crippen LogP contribution is 2.16. The van der Waals surface area contributed by atoms with E-state index in [0.717, 1.165) is 12.1 Å². The molecule has 2 aromatic carbocycles. The standard InChI is InChI=1S/C18H20N2O2S/c1-3-13(2)22-16-11-7-8-14(12-16)17(21)20-18(23)19-15-9-5-4-6-10-15/h4-13H,3H2,1-2H3,(H2,19,20,21,23). The summed E-state index contributed by atoms with van der Waals surface area (Å²) in [6.45, 7) is 4.04. The summed E-state index contributed by atoms with van der Waals surface area (Å²) in [5.41, 5.74) is 1.33. The van der Waals surface area contributed by atoms with E-state index in [1.807, 2.05) is 43.3 Å². The molecule has 5 heteroatoms. The van der Waals surface area contributed by atoms with Crippen molar-refractivity contribution >= 4 is 28.9 Å². The first-order chi connectivity index (χ1) is 11.1. The minimum Gasteiger partial charge on any atom is -0.491 e. The van der Waals surface area contributed by atoms with Crippen LogP contribution in [-0.2, 0) is 0 Å². The lowest BCUT2D eigenvalue weighted by atomic mass is 10.2. The van der Waals surface area contributed by atoms with Crippen LogP contribution in [0.25, 0.3) is 0 Å². The molecule has 4 nitrogen and oxygen atoms in total. The lowest BCUT2D eigenvalue weighted by molar-refractivity contribution is 0.0977. The second-order valence-corrected chi connectivity index (χ2v) is 5.55. The molecule has 2 aromatic rings. The Kier molecular flexibility index (Phi) is 6.11. The Balaban J connectivity index is 1.97. The Bertz CT molecular complexity index is 674. The maximum Gasteiger partial charge on any atom is 0.257 e. The predicted molar refractivity (Wildman–Crippen MR) is 97.0 cm³/mol. The number of benzene rings is 2. The summed E-state index contributed by atoms with van der Waals surface area (Å²) in [5, 5.41) is 5.89. The van der Waals surface area contributed by atoms with E-state index in [4.69, 9.17) is 17.0 Å². The lowest BCUT2D eigenvalue weighted by Crippen LogP contribution is -2.34. The lowest BCUT2D eigenvalue weighted by Gasteiger charge is -2.13. The number of amides is 1. The monoisotopic (exact) mass is 328 g/mol. The Hall–Kier alpha value is -2.40. The van der Waals surface area contributed by atoms with Gasteiger partial charge < -0.3 is 10.1 Å². The Morgan fingerprint density at radius 3 is 2.61 bits per heavy atom. The van der Waals surface area contributed by atoms with Crippen molar-refractivity contribution in [2.75, 3.05) is 5.32 Å². The van der Waals surface area contributed by atoms with Gasteiger partial charge in [0.15, 0.2) is 5.11 Å². The largest absolute Gasteiger partial charge is 0.491 e. The first kappa shape index (κ1) is 17.0. The molecule has 23 heavy (non-hydrogen) atoms. The first-order valence-electron chi connectivity index (χ1n) is 7.52. The van der Waals surface area contributed by atoms with Gasteiger partial charge in [-0.15, -0.1) is 0 Å². The fourth-order valence-electron chi connectivity index (χ4n) is 1.89. The van der Waals surface area contributed by atoms with E-state index < -0.39 is 0 Å². The third kappa shape index (κ3) is 5.38. The number of carbonyl (C=O) groups excluding carboxylic acids is 1. The molecule has 0 spiro atoms. The molecule has 2 N–H and O–H groups in total. The highest BCUT2D eigenvalue weighted by atomic mass is 32.1. The number of anilines is 1. The maximum absolute atomic E-state index is 12.3. The zero-order chi connectivity index (χ0) is 16.7. The van der Waals surface area contributed by atoms with Crippen LogP contribution in [0.3, 0.4) is 0 Å². The average molecular weight is 328 g/mol. The molecule has 2 rings (SSSR count). The fourth-order valence-corrected chi connectivity index (χ4v) is 2.10. The summed E-state index contributed by atoms with van der Waals surface area (Å²) in [5.74, 6) is 0.405. The van der Waals surface area contributed by atoms with E-state index in [2.05, 4.69) is 17.6 Å². The molecule has 0 saturated carbocycles. The number of ether oxygens (including phenoxy) is 1. The second-order valence-electron chi connectivity index (χ2n) is 5.14. The van der Waals surface area contributed by atoms with Crippen molar-refractivity contribution in [1.29, 1.82) is 0 Å². The van der Waals surface area contributed by atoms with Crippen molar-refractivity contribution in [1.82, 2.24) is 5.32 Å². The van der Waals surface area contributed by atoms with E-state index in [1.165, 1.54) is 0 Å². The molecule has 1 atom stereocenters. The number of nitrogens with one attached hydrogen (secondary N) is 2. The van der Waals surface area contributed by atoms with Gasteiger partial charge in [-0.3, -0.25) is 10.1 Å². The molecule has 0 radical (unpaired) electrons.